The second-order valence-corrected chi connectivity index (χ2v) is 6.52. The Morgan fingerprint density at radius 3 is 1.91 bits per heavy atom. The van der Waals surface area contributed by atoms with Crippen LogP contribution in [0.3, 0.4) is 0 Å². The van der Waals surface area contributed by atoms with Crippen LogP contribution >= 0.6 is 45.2 Å². The van der Waals surface area contributed by atoms with Crippen LogP contribution in [0.1, 0.15) is 11.9 Å². The van der Waals surface area contributed by atoms with Crippen molar-refractivity contribution in [3.8, 4) is 5.75 Å². The highest BCUT2D eigenvalue weighted by Crippen LogP contribution is 2.41. The average Bonchev–Trinajstić information content (AvgIpc) is 2.27. The largest absolute Gasteiger partial charge is 0.424 e. The van der Waals surface area contributed by atoms with E-state index in [2.05, 4.69) is 4.74 Å². The Labute approximate surface area is 152 Å². The molecule has 0 saturated carbocycles. The number of benzene rings is 1. The molecule has 0 heterocycles. The molecule has 4 nitrogen and oxygen atoms in total. The van der Waals surface area contributed by atoms with Gasteiger partial charge in [-0.2, -0.15) is 26.3 Å². The van der Waals surface area contributed by atoms with E-state index >= 15 is 0 Å². The molecule has 12 heteroatoms. The van der Waals surface area contributed by atoms with Crippen LogP contribution in [0.15, 0.2) is 12.1 Å². The Hall–Kier alpha value is -0.350. The maximum Gasteiger partial charge on any atom is 0.411 e. The highest BCUT2D eigenvalue weighted by molar-refractivity contribution is 14.1. The van der Waals surface area contributed by atoms with Crippen molar-refractivity contribution in [2.45, 2.75) is 18.6 Å². The van der Waals surface area contributed by atoms with Gasteiger partial charge in [-0.15, -0.1) is 0 Å². The Kier molecular flexibility index (Phi) is 6.54. The summed E-state index contributed by atoms with van der Waals surface area (Å²) in [6.45, 7) is 0. The molecule has 1 aromatic carbocycles. The van der Waals surface area contributed by atoms with Crippen LogP contribution in [0.4, 0.5) is 26.3 Å². The minimum absolute atomic E-state index is 0.0611. The third kappa shape index (κ3) is 5.32. The third-order valence-corrected chi connectivity index (χ3v) is 3.83. The lowest BCUT2D eigenvalue weighted by Crippen LogP contribution is -2.44. The normalized spacial score (nSPS) is 12.9. The quantitative estimate of drug-likeness (QED) is 0.192. The van der Waals surface area contributed by atoms with Gasteiger partial charge < -0.3 is 14.9 Å². The number of halogens is 8. The zero-order valence-corrected chi connectivity index (χ0v) is 14.9. The van der Waals surface area contributed by atoms with Gasteiger partial charge in [0.05, 0.1) is 9.13 Å². The first-order valence-electron chi connectivity index (χ1n) is 5.45. The van der Waals surface area contributed by atoms with Gasteiger partial charge in [-0.3, -0.25) is 4.79 Å². The number of carbonyl (C=O) groups is 1. The second kappa shape index (κ2) is 7.26. The zero-order valence-electron chi connectivity index (χ0n) is 10.5. The van der Waals surface area contributed by atoms with E-state index in [9.17, 15) is 31.1 Å². The molecule has 1 rings (SSSR count). The maximum atomic E-state index is 12.5. The highest BCUT2D eigenvalue weighted by Gasteiger charge is 2.62. The fourth-order valence-electron chi connectivity index (χ4n) is 1.49. The van der Waals surface area contributed by atoms with Crippen LogP contribution < -0.4 is 4.74 Å². The van der Waals surface area contributed by atoms with Gasteiger partial charge in [0.15, 0.2) is 12.0 Å². The third-order valence-electron chi connectivity index (χ3n) is 2.41. The van der Waals surface area contributed by atoms with Crippen molar-refractivity contribution in [2.75, 3.05) is 0 Å². The summed E-state index contributed by atoms with van der Waals surface area (Å²) in [6.07, 6.45) is -14.1. The molecule has 0 saturated heterocycles. The van der Waals surface area contributed by atoms with Crippen molar-refractivity contribution >= 4 is 51.2 Å². The van der Waals surface area contributed by atoms with E-state index in [0.717, 1.165) is 6.07 Å². The topological polar surface area (TPSA) is 66.8 Å². The van der Waals surface area contributed by atoms with E-state index in [1.54, 1.807) is 22.6 Å². The SMILES string of the molecule is O=C(Oc1c(I)cc(I)cc1C(O)O)C(C(F)(F)F)C(F)(F)F. The summed E-state index contributed by atoms with van der Waals surface area (Å²) < 4.78 is 79.4. The number of alkyl halides is 6. The molecule has 1 aromatic rings. The molecule has 0 aliphatic heterocycles. The molecule has 0 aromatic heterocycles. The fourth-order valence-corrected chi connectivity index (χ4v) is 3.49. The summed E-state index contributed by atoms with van der Waals surface area (Å²) in [7, 11) is 0. The molecule has 0 aliphatic carbocycles. The molecular weight excluding hydrogens is 564 g/mol. The predicted molar refractivity (Wildman–Crippen MR) is 80.3 cm³/mol. The van der Waals surface area contributed by atoms with Gasteiger partial charge >= 0.3 is 18.3 Å². The number of rotatable bonds is 3. The second-order valence-electron chi connectivity index (χ2n) is 4.12. The number of hydrogen-bond acceptors (Lipinski definition) is 4. The van der Waals surface area contributed by atoms with Crippen molar-refractivity contribution in [3.63, 3.8) is 0 Å². The van der Waals surface area contributed by atoms with E-state index in [4.69, 9.17) is 10.2 Å². The smallest absolute Gasteiger partial charge is 0.411 e. The number of ether oxygens (including phenoxy) is 1. The van der Waals surface area contributed by atoms with E-state index in [0.29, 0.717) is 3.57 Å². The van der Waals surface area contributed by atoms with Crippen LogP contribution in [0.5, 0.6) is 5.75 Å². The molecule has 0 aliphatic rings. The van der Waals surface area contributed by atoms with E-state index < -0.39 is 41.8 Å². The molecule has 0 bridgehead atoms. The lowest BCUT2D eigenvalue weighted by Gasteiger charge is -2.22. The van der Waals surface area contributed by atoms with Gasteiger partial charge in [0, 0.05) is 3.57 Å². The summed E-state index contributed by atoms with van der Waals surface area (Å²) in [5.41, 5.74) is -0.530. The van der Waals surface area contributed by atoms with Crippen LogP contribution in [-0.4, -0.2) is 28.5 Å². The molecule has 0 atom stereocenters. The van der Waals surface area contributed by atoms with Crippen molar-refractivity contribution in [1.29, 1.82) is 0 Å². The highest BCUT2D eigenvalue weighted by atomic mass is 127. The van der Waals surface area contributed by atoms with E-state index in [-0.39, 0.29) is 3.57 Å². The van der Waals surface area contributed by atoms with Gasteiger partial charge in [-0.1, -0.05) is 0 Å². The molecule has 0 spiro atoms. The van der Waals surface area contributed by atoms with Crippen LogP contribution in [0.25, 0.3) is 0 Å². The standard InChI is InChI=1S/C11H6F6I2O4/c12-10(13,14)7(11(15,16)17)9(22)23-6-4(8(20)21)1-3(18)2-5(6)19/h1-2,7-8,20-21H. The van der Waals surface area contributed by atoms with Gasteiger partial charge in [0.1, 0.15) is 0 Å². The summed E-state index contributed by atoms with van der Waals surface area (Å²) in [4.78, 5) is 11.4. The Morgan fingerprint density at radius 1 is 1.04 bits per heavy atom. The first-order chi connectivity index (χ1) is 10.2. The fraction of sp³-hybridized carbons (Fsp3) is 0.364. The summed E-state index contributed by atoms with van der Waals surface area (Å²) in [5, 5.41) is 18.3. The molecule has 2 N–H and O–H groups in total. The number of carbonyl (C=O) groups excluding carboxylic acids is 1. The molecule has 23 heavy (non-hydrogen) atoms. The lowest BCUT2D eigenvalue weighted by atomic mass is 10.1. The molecular formula is C11H6F6I2O4. The summed E-state index contributed by atoms with van der Waals surface area (Å²) in [6, 6.07) is 2.32. The maximum absolute atomic E-state index is 12.5. The lowest BCUT2D eigenvalue weighted by molar-refractivity contribution is -0.279. The summed E-state index contributed by atoms with van der Waals surface area (Å²) >= 11 is 3.20. The van der Waals surface area contributed by atoms with Crippen LogP contribution in [0.2, 0.25) is 0 Å². The number of aliphatic hydroxyl groups is 2. The number of hydrogen-bond donors (Lipinski definition) is 2. The average molecular weight is 570 g/mol. The van der Waals surface area contributed by atoms with Gasteiger partial charge in [0.2, 0.25) is 5.92 Å². The molecule has 0 fully saturated rings. The Bertz CT molecular complexity index is 585. The first-order valence-corrected chi connectivity index (χ1v) is 7.61. The molecule has 0 amide bonds. The van der Waals surface area contributed by atoms with Crippen molar-refractivity contribution in [3.05, 3.63) is 24.8 Å². The molecule has 0 radical (unpaired) electrons. The minimum Gasteiger partial charge on any atom is -0.424 e. The number of esters is 1. The Balaban J connectivity index is 3.29. The molecule has 0 unspecified atom stereocenters. The van der Waals surface area contributed by atoms with Gasteiger partial charge in [-0.05, 0) is 57.3 Å². The van der Waals surface area contributed by atoms with Crippen molar-refractivity contribution in [2.24, 2.45) is 5.92 Å². The van der Waals surface area contributed by atoms with E-state index in [1.807, 2.05) is 0 Å². The molecule has 130 valence electrons. The zero-order chi connectivity index (χ0) is 18.2. The first kappa shape index (κ1) is 20.7. The van der Waals surface area contributed by atoms with Gasteiger partial charge in [0.25, 0.3) is 0 Å². The van der Waals surface area contributed by atoms with Crippen LogP contribution in [0, 0.1) is 13.1 Å². The van der Waals surface area contributed by atoms with Crippen LogP contribution in [-0.2, 0) is 4.79 Å². The van der Waals surface area contributed by atoms with E-state index in [1.165, 1.54) is 28.7 Å². The predicted octanol–water partition coefficient (Wildman–Crippen LogP) is 3.53. The Morgan fingerprint density at radius 2 is 1.52 bits per heavy atom. The summed E-state index contributed by atoms with van der Waals surface area (Å²) in [5.74, 6) is -7.72. The van der Waals surface area contributed by atoms with Gasteiger partial charge in [-0.25, -0.2) is 0 Å². The van der Waals surface area contributed by atoms with Crippen molar-refractivity contribution < 1.29 is 46.1 Å². The minimum atomic E-state index is -5.90. The van der Waals surface area contributed by atoms with Crippen molar-refractivity contribution in [1.82, 2.24) is 0 Å². The number of aliphatic hydroxyl groups excluding tert-OH is 1. The monoisotopic (exact) mass is 570 g/mol.